The second-order valence-electron chi connectivity index (χ2n) is 4.37. The number of hydrogen-bond acceptors (Lipinski definition) is 6. The van der Waals surface area contributed by atoms with E-state index in [1.165, 1.54) is 13.4 Å². The first kappa shape index (κ1) is 23.0. The van der Waals surface area contributed by atoms with E-state index in [4.69, 9.17) is 14.6 Å². The Kier molecular flexibility index (Phi) is 12.7. The van der Waals surface area contributed by atoms with Gasteiger partial charge in [-0.25, -0.2) is 4.99 Å². The lowest BCUT2D eigenvalue weighted by atomic mass is 10.3. The highest BCUT2D eigenvalue weighted by molar-refractivity contribution is 9.12. The van der Waals surface area contributed by atoms with Gasteiger partial charge in [0.15, 0.2) is 0 Å². The van der Waals surface area contributed by atoms with Gasteiger partial charge in [0.2, 0.25) is 5.90 Å². The van der Waals surface area contributed by atoms with Gasteiger partial charge < -0.3 is 14.6 Å². The molecule has 0 atom stereocenters. The topological polar surface area (TPSA) is 122 Å². The van der Waals surface area contributed by atoms with Crippen LogP contribution in [0.4, 0.5) is 0 Å². The summed E-state index contributed by atoms with van der Waals surface area (Å²) < 4.78 is 39.5. The lowest BCUT2D eigenvalue weighted by Gasteiger charge is -2.15. The SMILES string of the molecule is CC\C(NS(=O)(=O)NCCCOC)=C(Br)/C(=N\C=N\C)OCCO. The Bertz CT molecular complexity index is 549. The molecule has 0 bridgehead atoms. The van der Waals surface area contributed by atoms with Gasteiger partial charge in [-0.05, 0) is 28.8 Å². The largest absolute Gasteiger partial charge is 0.474 e. The van der Waals surface area contributed by atoms with Gasteiger partial charge in [-0.3, -0.25) is 9.71 Å². The molecule has 0 rings (SSSR count). The van der Waals surface area contributed by atoms with Gasteiger partial charge in [0.25, 0.3) is 10.2 Å². The summed E-state index contributed by atoms with van der Waals surface area (Å²) in [4.78, 5) is 7.70. The van der Waals surface area contributed by atoms with Crippen molar-refractivity contribution in [2.24, 2.45) is 9.98 Å². The Morgan fingerprint density at radius 2 is 2.08 bits per heavy atom. The second kappa shape index (κ2) is 13.3. The molecule has 11 heteroatoms. The number of allylic oxidation sites excluding steroid dienone is 1. The van der Waals surface area contributed by atoms with Crippen LogP contribution in [0.25, 0.3) is 0 Å². The van der Waals surface area contributed by atoms with Gasteiger partial charge in [0.1, 0.15) is 12.9 Å². The predicted octanol–water partition coefficient (Wildman–Crippen LogP) is 0.529. The highest BCUT2D eigenvalue weighted by atomic mass is 79.9. The molecule has 0 saturated heterocycles. The zero-order valence-corrected chi connectivity index (χ0v) is 16.5. The Morgan fingerprint density at radius 3 is 2.62 bits per heavy atom. The highest BCUT2D eigenvalue weighted by Crippen LogP contribution is 2.17. The van der Waals surface area contributed by atoms with E-state index in [1.807, 2.05) is 0 Å². The number of nitrogens with one attached hydrogen (secondary N) is 2. The number of methoxy groups -OCH3 is 1. The van der Waals surface area contributed by atoms with Crippen molar-refractivity contribution in [3.05, 3.63) is 10.2 Å². The summed E-state index contributed by atoms with van der Waals surface area (Å²) in [6.45, 7) is 2.32. The van der Waals surface area contributed by atoms with Gasteiger partial charge in [-0.15, -0.1) is 0 Å². The molecule has 24 heavy (non-hydrogen) atoms. The van der Waals surface area contributed by atoms with Crippen molar-refractivity contribution in [1.29, 1.82) is 0 Å². The average molecular weight is 429 g/mol. The fourth-order valence-electron chi connectivity index (χ4n) is 1.43. The maximum Gasteiger partial charge on any atom is 0.298 e. The van der Waals surface area contributed by atoms with Crippen LogP contribution in [0.3, 0.4) is 0 Å². The number of ether oxygens (including phenoxy) is 2. The third kappa shape index (κ3) is 9.98. The Labute approximate surface area is 151 Å². The van der Waals surface area contributed by atoms with E-state index >= 15 is 0 Å². The fourth-order valence-corrected chi connectivity index (χ4v) is 3.22. The zero-order valence-electron chi connectivity index (χ0n) is 14.1. The van der Waals surface area contributed by atoms with Crippen LogP contribution in [0.15, 0.2) is 20.2 Å². The molecule has 0 aliphatic rings. The van der Waals surface area contributed by atoms with E-state index in [0.717, 1.165) is 0 Å². The van der Waals surface area contributed by atoms with Crippen molar-refractivity contribution in [1.82, 2.24) is 9.44 Å². The zero-order chi connectivity index (χ0) is 18.4. The van der Waals surface area contributed by atoms with Crippen LogP contribution >= 0.6 is 15.9 Å². The lowest BCUT2D eigenvalue weighted by Crippen LogP contribution is -2.37. The van der Waals surface area contributed by atoms with Crippen LogP contribution in [0.5, 0.6) is 0 Å². The quantitative estimate of drug-likeness (QED) is 0.237. The summed E-state index contributed by atoms with van der Waals surface area (Å²) in [5, 5.41) is 8.87. The van der Waals surface area contributed by atoms with E-state index < -0.39 is 10.2 Å². The summed E-state index contributed by atoms with van der Waals surface area (Å²) in [6, 6.07) is 0. The molecular weight excluding hydrogens is 404 g/mol. The van der Waals surface area contributed by atoms with Crippen LogP contribution in [0.2, 0.25) is 0 Å². The van der Waals surface area contributed by atoms with Gasteiger partial charge >= 0.3 is 0 Å². The molecule has 0 aliphatic heterocycles. The number of halogens is 1. The molecule has 0 aliphatic carbocycles. The fraction of sp³-hybridized carbons (Fsp3) is 0.692. The smallest absolute Gasteiger partial charge is 0.298 e. The van der Waals surface area contributed by atoms with Gasteiger partial charge in [0.05, 0.1) is 11.1 Å². The maximum absolute atomic E-state index is 12.1. The van der Waals surface area contributed by atoms with Gasteiger partial charge in [-0.2, -0.15) is 13.1 Å². The van der Waals surface area contributed by atoms with Crippen molar-refractivity contribution in [2.75, 3.05) is 40.5 Å². The summed E-state index contributed by atoms with van der Waals surface area (Å²) in [5.74, 6) is 0.119. The normalized spacial score (nSPS) is 14.0. The molecule has 3 N–H and O–H groups in total. The first-order valence-corrected chi connectivity index (χ1v) is 9.56. The summed E-state index contributed by atoms with van der Waals surface area (Å²) in [7, 11) is -0.640. The van der Waals surface area contributed by atoms with Crippen molar-refractivity contribution in [2.45, 2.75) is 19.8 Å². The van der Waals surface area contributed by atoms with Crippen LogP contribution < -0.4 is 9.44 Å². The van der Waals surface area contributed by atoms with Crippen LogP contribution in [0, 0.1) is 0 Å². The van der Waals surface area contributed by atoms with Crippen LogP contribution in [-0.4, -0.2) is 66.3 Å². The van der Waals surface area contributed by atoms with E-state index in [0.29, 0.717) is 29.6 Å². The van der Waals surface area contributed by atoms with Crippen LogP contribution in [0.1, 0.15) is 19.8 Å². The standard InChI is InChI=1S/C13H25BrN4O5S/c1-4-11(18-24(20,21)17-6-5-8-22-3)12(14)13(16-10-15-2)23-9-7-19/h10,17-19H,4-9H2,1-3H3/b12-11-,15-10+,16-13+. The summed E-state index contributed by atoms with van der Waals surface area (Å²) in [6.07, 6.45) is 2.20. The van der Waals surface area contributed by atoms with Crippen LogP contribution in [-0.2, 0) is 19.7 Å². The number of rotatable bonds is 12. The van der Waals surface area contributed by atoms with Gasteiger partial charge in [0, 0.05) is 33.0 Å². The molecule has 0 amide bonds. The van der Waals surface area contributed by atoms with Crippen molar-refractivity contribution >= 4 is 38.4 Å². The minimum Gasteiger partial charge on any atom is -0.474 e. The molecular formula is C13H25BrN4O5S. The third-order valence-corrected chi connectivity index (χ3v) is 4.42. The molecule has 0 unspecified atom stereocenters. The third-order valence-electron chi connectivity index (χ3n) is 2.50. The van der Waals surface area contributed by atoms with Crippen molar-refractivity contribution in [3.8, 4) is 0 Å². The molecule has 0 spiro atoms. The first-order chi connectivity index (χ1) is 11.4. The minimum atomic E-state index is -3.73. The Balaban J connectivity index is 5.17. The highest BCUT2D eigenvalue weighted by Gasteiger charge is 2.16. The molecule has 0 heterocycles. The molecule has 0 fully saturated rings. The van der Waals surface area contributed by atoms with Crippen molar-refractivity contribution < 1.29 is 23.0 Å². The number of hydrogen-bond donors (Lipinski definition) is 3. The number of aliphatic hydroxyl groups excluding tert-OH is 1. The minimum absolute atomic E-state index is 0.0184. The van der Waals surface area contributed by atoms with E-state index in [9.17, 15) is 8.42 Å². The van der Waals surface area contributed by atoms with E-state index in [1.54, 1.807) is 14.0 Å². The molecule has 0 radical (unpaired) electrons. The van der Waals surface area contributed by atoms with E-state index in [-0.39, 0.29) is 25.7 Å². The van der Waals surface area contributed by atoms with Crippen molar-refractivity contribution in [3.63, 3.8) is 0 Å². The summed E-state index contributed by atoms with van der Waals surface area (Å²) in [5.41, 5.74) is 0.357. The predicted molar refractivity (Wildman–Crippen MR) is 97.7 cm³/mol. The molecule has 140 valence electrons. The second-order valence-corrected chi connectivity index (χ2v) is 6.66. The lowest BCUT2D eigenvalue weighted by molar-refractivity contribution is 0.195. The Morgan fingerprint density at radius 1 is 1.38 bits per heavy atom. The molecule has 9 nitrogen and oxygen atoms in total. The molecule has 0 aromatic carbocycles. The van der Waals surface area contributed by atoms with E-state index in [2.05, 4.69) is 35.4 Å². The number of aliphatic hydroxyl groups is 1. The number of aliphatic imine (C=N–C) groups is 2. The molecule has 0 aromatic rings. The first-order valence-electron chi connectivity index (χ1n) is 7.29. The molecule has 0 saturated carbocycles. The summed E-state index contributed by atoms with van der Waals surface area (Å²) >= 11 is 3.28. The Hall–Kier alpha value is -1.01. The molecule has 0 aromatic heterocycles. The average Bonchev–Trinajstić information content (AvgIpc) is 2.56. The number of nitrogens with zero attached hydrogens (tertiary/aromatic N) is 2. The monoisotopic (exact) mass is 428 g/mol. The maximum atomic E-state index is 12.1. The van der Waals surface area contributed by atoms with Gasteiger partial charge in [-0.1, -0.05) is 6.92 Å².